The second-order valence-electron chi connectivity index (χ2n) is 7.05. The number of piperazine rings is 1. The van der Waals surface area contributed by atoms with Gasteiger partial charge >= 0.3 is 0 Å². The van der Waals surface area contributed by atoms with Crippen LogP contribution in [-0.2, 0) is 6.54 Å². The van der Waals surface area contributed by atoms with Crippen molar-refractivity contribution in [1.29, 1.82) is 0 Å². The van der Waals surface area contributed by atoms with Crippen LogP contribution >= 0.6 is 0 Å². The molecule has 0 bridgehead atoms. The molecule has 1 fully saturated rings. The summed E-state index contributed by atoms with van der Waals surface area (Å²) in [6, 6.07) is 15.5. The van der Waals surface area contributed by atoms with Crippen molar-refractivity contribution in [2.75, 3.05) is 31.1 Å². The molecule has 0 aliphatic carbocycles. The zero-order chi connectivity index (χ0) is 19.6. The second-order valence-corrected chi connectivity index (χ2v) is 7.05. The van der Waals surface area contributed by atoms with Gasteiger partial charge in [0.15, 0.2) is 0 Å². The zero-order valence-corrected chi connectivity index (χ0v) is 15.7. The molecule has 2 N–H and O–H groups in total. The van der Waals surface area contributed by atoms with Gasteiger partial charge in [0.1, 0.15) is 5.82 Å². The van der Waals surface area contributed by atoms with Crippen LogP contribution in [-0.4, -0.2) is 61.7 Å². The van der Waals surface area contributed by atoms with Crippen molar-refractivity contribution in [1.82, 2.24) is 35.5 Å². The highest BCUT2D eigenvalue weighted by Crippen LogP contribution is 2.28. The number of anilines is 1. The highest BCUT2D eigenvalue weighted by Gasteiger charge is 2.21. The Morgan fingerprint density at radius 3 is 2.59 bits per heavy atom. The zero-order valence-electron chi connectivity index (χ0n) is 15.7. The predicted octanol–water partition coefficient (Wildman–Crippen LogP) is 1.43. The first kappa shape index (κ1) is 17.5. The fourth-order valence-corrected chi connectivity index (χ4v) is 3.78. The quantitative estimate of drug-likeness (QED) is 0.545. The molecule has 0 radical (unpaired) electrons. The number of aromatic amines is 2. The number of hydrogen-bond acceptors (Lipinski definition) is 7. The van der Waals surface area contributed by atoms with Crippen LogP contribution in [0.2, 0.25) is 0 Å². The van der Waals surface area contributed by atoms with Crippen molar-refractivity contribution in [2.24, 2.45) is 0 Å². The average molecular weight is 388 g/mol. The van der Waals surface area contributed by atoms with Crippen molar-refractivity contribution in [3.05, 3.63) is 64.7 Å². The van der Waals surface area contributed by atoms with Gasteiger partial charge in [-0.05, 0) is 29.5 Å². The van der Waals surface area contributed by atoms with Gasteiger partial charge in [0, 0.05) is 37.4 Å². The van der Waals surface area contributed by atoms with E-state index in [1.807, 2.05) is 36.4 Å². The molecule has 0 amide bonds. The maximum atomic E-state index is 12.3. The van der Waals surface area contributed by atoms with Crippen LogP contribution < -0.4 is 10.5 Å². The van der Waals surface area contributed by atoms with Gasteiger partial charge in [-0.1, -0.05) is 24.3 Å². The van der Waals surface area contributed by atoms with Crippen molar-refractivity contribution in [3.8, 4) is 11.4 Å². The molecular formula is C20H20N8O. The molecule has 9 nitrogen and oxygen atoms in total. The van der Waals surface area contributed by atoms with Crippen molar-refractivity contribution < 1.29 is 0 Å². The van der Waals surface area contributed by atoms with E-state index in [1.165, 1.54) is 0 Å². The molecule has 146 valence electrons. The smallest absolute Gasteiger partial charge is 0.258 e. The van der Waals surface area contributed by atoms with E-state index in [4.69, 9.17) is 0 Å². The molecule has 0 saturated carbocycles. The number of fused-ring (bicyclic) bond motifs is 1. The minimum absolute atomic E-state index is 0.0849. The maximum Gasteiger partial charge on any atom is 0.258 e. The molecule has 29 heavy (non-hydrogen) atoms. The monoisotopic (exact) mass is 388 g/mol. The molecule has 3 heterocycles. The van der Waals surface area contributed by atoms with Crippen LogP contribution in [0.15, 0.2) is 53.3 Å². The highest BCUT2D eigenvalue weighted by molar-refractivity contribution is 5.77. The summed E-state index contributed by atoms with van der Waals surface area (Å²) in [7, 11) is 0. The van der Waals surface area contributed by atoms with E-state index in [2.05, 4.69) is 46.5 Å². The number of nitrogens with one attached hydrogen (secondary N) is 2. The molecule has 4 aromatic rings. The molecule has 1 aliphatic rings. The van der Waals surface area contributed by atoms with Crippen molar-refractivity contribution in [3.63, 3.8) is 0 Å². The first-order valence-corrected chi connectivity index (χ1v) is 9.56. The van der Waals surface area contributed by atoms with Gasteiger partial charge in [-0.15, -0.1) is 10.2 Å². The third kappa shape index (κ3) is 3.47. The number of para-hydroxylation sites is 2. The summed E-state index contributed by atoms with van der Waals surface area (Å²) in [4.78, 5) is 24.5. The number of rotatable bonds is 4. The molecule has 5 rings (SSSR count). The van der Waals surface area contributed by atoms with E-state index in [-0.39, 0.29) is 5.56 Å². The Hall–Kier alpha value is -3.59. The fourth-order valence-electron chi connectivity index (χ4n) is 3.78. The van der Waals surface area contributed by atoms with Gasteiger partial charge in [0.2, 0.25) is 5.82 Å². The molecule has 0 unspecified atom stereocenters. The Morgan fingerprint density at radius 2 is 1.76 bits per heavy atom. The summed E-state index contributed by atoms with van der Waals surface area (Å²) < 4.78 is 0. The van der Waals surface area contributed by atoms with E-state index in [9.17, 15) is 4.79 Å². The number of aromatic nitrogens is 6. The Kier molecular flexibility index (Phi) is 4.49. The average Bonchev–Trinajstić information content (AvgIpc) is 3.29. The minimum atomic E-state index is -0.0849. The van der Waals surface area contributed by atoms with Crippen LogP contribution in [0.25, 0.3) is 22.3 Å². The third-order valence-corrected chi connectivity index (χ3v) is 5.24. The Bertz CT molecular complexity index is 1180. The van der Waals surface area contributed by atoms with E-state index in [0.717, 1.165) is 42.9 Å². The molecule has 2 aromatic heterocycles. The van der Waals surface area contributed by atoms with Gasteiger partial charge in [-0.25, -0.2) is 4.98 Å². The van der Waals surface area contributed by atoms with Gasteiger partial charge in [0.25, 0.3) is 5.56 Å². The maximum absolute atomic E-state index is 12.3. The lowest BCUT2D eigenvalue weighted by molar-refractivity contribution is 0.244. The van der Waals surface area contributed by atoms with Crippen molar-refractivity contribution in [2.45, 2.75) is 6.54 Å². The summed E-state index contributed by atoms with van der Waals surface area (Å²) in [5, 5.41) is 15.1. The van der Waals surface area contributed by atoms with Crippen molar-refractivity contribution >= 4 is 16.6 Å². The minimum Gasteiger partial charge on any atom is -0.368 e. The molecule has 2 aromatic carbocycles. The molecule has 0 atom stereocenters. The molecule has 0 spiro atoms. The van der Waals surface area contributed by atoms with Gasteiger partial charge in [-0.2, -0.15) is 5.21 Å². The molecule has 9 heteroatoms. The topological polar surface area (TPSA) is 107 Å². The Morgan fingerprint density at radius 1 is 0.966 bits per heavy atom. The fraction of sp³-hybridized carbons (Fsp3) is 0.250. The Labute approximate surface area is 166 Å². The predicted molar refractivity (Wildman–Crippen MR) is 109 cm³/mol. The summed E-state index contributed by atoms with van der Waals surface area (Å²) in [6.45, 7) is 4.11. The number of tetrazole rings is 1. The standard InChI is InChI=1S/C20H20N8O/c29-20-14-5-1-3-7-16(14)21-18(22-20)13-27-9-11-28(12-10-27)17-8-4-2-6-15(17)19-23-25-26-24-19/h1-8H,9-13H2,(H,21,22,29)(H,23,24,25,26). The van der Waals surface area contributed by atoms with Crippen LogP contribution in [0.1, 0.15) is 5.82 Å². The lowest BCUT2D eigenvalue weighted by Crippen LogP contribution is -2.46. The van der Waals surface area contributed by atoms with Crippen LogP contribution in [0.3, 0.4) is 0 Å². The molecule has 1 saturated heterocycles. The van der Waals surface area contributed by atoms with E-state index >= 15 is 0 Å². The van der Waals surface area contributed by atoms with Crippen LogP contribution in [0, 0.1) is 0 Å². The van der Waals surface area contributed by atoms with Crippen LogP contribution in [0.4, 0.5) is 5.69 Å². The first-order valence-electron chi connectivity index (χ1n) is 9.56. The Balaban J connectivity index is 1.30. The lowest BCUT2D eigenvalue weighted by atomic mass is 10.1. The normalized spacial score (nSPS) is 15.1. The highest BCUT2D eigenvalue weighted by atomic mass is 16.1. The summed E-state index contributed by atoms with van der Waals surface area (Å²) in [6.07, 6.45) is 0. The second kappa shape index (κ2) is 7.44. The van der Waals surface area contributed by atoms with Crippen LogP contribution in [0.5, 0.6) is 0 Å². The third-order valence-electron chi connectivity index (χ3n) is 5.24. The SMILES string of the molecule is O=c1[nH]c(CN2CCN(c3ccccc3-c3nn[nH]n3)CC2)nc2ccccc12. The largest absolute Gasteiger partial charge is 0.368 e. The van der Waals surface area contributed by atoms with Gasteiger partial charge < -0.3 is 9.88 Å². The summed E-state index contributed by atoms with van der Waals surface area (Å²) in [5.41, 5.74) is 2.72. The number of nitrogens with zero attached hydrogens (tertiary/aromatic N) is 6. The number of H-pyrrole nitrogens is 2. The van der Waals surface area contributed by atoms with E-state index in [0.29, 0.717) is 23.6 Å². The molecule has 1 aliphatic heterocycles. The van der Waals surface area contributed by atoms with E-state index in [1.54, 1.807) is 6.07 Å². The summed E-state index contributed by atoms with van der Waals surface area (Å²) in [5.74, 6) is 1.30. The number of benzene rings is 2. The van der Waals surface area contributed by atoms with Gasteiger partial charge in [0.05, 0.1) is 17.4 Å². The number of hydrogen-bond donors (Lipinski definition) is 2. The van der Waals surface area contributed by atoms with E-state index < -0.39 is 0 Å². The lowest BCUT2D eigenvalue weighted by Gasteiger charge is -2.36. The summed E-state index contributed by atoms with van der Waals surface area (Å²) >= 11 is 0. The van der Waals surface area contributed by atoms with Gasteiger partial charge in [-0.3, -0.25) is 9.69 Å². The first-order chi connectivity index (χ1) is 14.3. The molecular weight excluding hydrogens is 368 g/mol.